The normalized spacial score (nSPS) is 13.4. The van der Waals surface area contributed by atoms with Crippen LogP contribution in [0.3, 0.4) is 0 Å². The number of rotatable bonds is 1. The zero-order chi connectivity index (χ0) is 16.2. The van der Waals surface area contributed by atoms with E-state index >= 15 is 0 Å². The van der Waals surface area contributed by atoms with E-state index in [0.717, 1.165) is 11.3 Å². The molecule has 0 aliphatic heterocycles. The Bertz CT molecular complexity index is 684. The number of fused-ring (bicyclic) bond motifs is 1. The minimum atomic E-state index is -5.13. The van der Waals surface area contributed by atoms with Crippen LogP contribution in [0.4, 0.5) is 31.5 Å². The first kappa shape index (κ1) is 15.9. The molecule has 0 atom stereocenters. The van der Waals surface area contributed by atoms with Gasteiger partial charge in [-0.15, -0.1) is 0 Å². The van der Waals surface area contributed by atoms with Crippen LogP contribution in [-0.4, -0.2) is 4.98 Å². The minimum Gasteiger partial charge on any atom is -0.375 e. The predicted octanol–water partition coefficient (Wildman–Crippen LogP) is 5.04. The highest BCUT2D eigenvalue weighted by Gasteiger charge is 2.46. The number of hydrogen-bond donors (Lipinski definition) is 1. The van der Waals surface area contributed by atoms with Gasteiger partial charge in [-0.05, 0) is 17.5 Å². The van der Waals surface area contributed by atoms with Crippen LogP contribution < -0.4 is 5.73 Å². The van der Waals surface area contributed by atoms with E-state index < -0.39 is 35.0 Å². The Morgan fingerprint density at radius 3 is 2.10 bits per heavy atom. The number of alkyl halides is 6. The second-order valence-electron chi connectivity index (χ2n) is 4.76. The van der Waals surface area contributed by atoms with E-state index in [1.165, 1.54) is 13.8 Å². The summed E-state index contributed by atoms with van der Waals surface area (Å²) in [6, 6.07) is 0.470. The number of anilines is 1. The Balaban J connectivity index is 3.02. The van der Waals surface area contributed by atoms with Gasteiger partial charge < -0.3 is 5.73 Å². The number of aromatic nitrogens is 1. The highest BCUT2D eigenvalue weighted by Crippen LogP contribution is 2.47. The molecule has 2 N–H and O–H groups in total. The lowest BCUT2D eigenvalue weighted by Gasteiger charge is -2.21. The number of hydrogen-bond acceptors (Lipinski definition) is 3. The van der Waals surface area contributed by atoms with Crippen LogP contribution in [0.5, 0.6) is 0 Å². The number of nitrogens with zero attached hydrogens (tertiary/aromatic N) is 1. The predicted molar refractivity (Wildman–Crippen MR) is 68.1 cm³/mol. The first-order valence-corrected chi connectivity index (χ1v) is 6.62. The summed E-state index contributed by atoms with van der Waals surface area (Å²) >= 11 is 0.733. The highest BCUT2D eigenvalue weighted by atomic mass is 32.1. The van der Waals surface area contributed by atoms with Gasteiger partial charge in [-0.2, -0.15) is 26.3 Å². The van der Waals surface area contributed by atoms with Gasteiger partial charge in [-0.25, -0.2) is 4.98 Å². The molecule has 0 bridgehead atoms. The summed E-state index contributed by atoms with van der Waals surface area (Å²) in [5.41, 5.74) is 1.46. The zero-order valence-corrected chi connectivity index (χ0v) is 11.7. The molecule has 0 aliphatic carbocycles. The third kappa shape index (κ3) is 2.78. The van der Waals surface area contributed by atoms with Crippen molar-refractivity contribution in [3.63, 3.8) is 0 Å². The molecule has 0 unspecified atom stereocenters. The van der Waals surface area contributed by atoms with Gasteiger partial charge in [0, 0.05) is 0 Å². The van der Waals surface area contributed by atoms with Crippen LogP contribution in [0.1, 0.15) is 36.5 Å². The lowest BCUT2D eigenvalue weighted by atomic mass is 9.91. The van der Waals surface area contributed by atoms with Crippen molar-refractivity contribution in [3.05, 3.63) is 22.8 Å². The van der Waals surface area contributed by atoms with E-state index in [1.807, 2.05) is 0 Å². The monoisotopic (exact) mass is 328 g/mol. The summed E-state index contributed by atoms with van der Waals surface area (Å²) in [5.74, 6) is -0.784. The van der Waals surface area contributed by atoms with E-state index in [-0.39, 0.29) is 15.3 Å². The molecule has 1 aromatic carbocycles. The van der Waals surface area contributed by atoms with Crippen molar-refractivity contribution >= 4 is 26.7 Å². The minimum absolute atomic E-state index is 0.00322. The topological polar surface area (TPSA) is 38.9 Å². The smallest absolute Gasteiger partial charge is 0.375 e. The first-order chi connectivity index (χ1) is 9.43. The van der Waals surface area contributed by atoms with Crippen molar-refractivity contribution < 1.29 is 26.3 Å². The van der Waals surface area contributed by atoms with Gasteiger partial charge in [0.2, 0.25) is 0 Å². The molecule has 0 saturated carbocycles. The molecule has 0 fully saturated rings. The molecule has 0 saturated heterocycles. The second kappa shape index (κ2) is 4.75. The third-order valence-electron chi connectivity index (χ3n) is 2.91. The molecule has 21 heavy (non-hydrogen) atoms. The maximum atomic E-state index is 13.2. The van der Waals surface area contributed by atoms with Gasteiger partial charge in [0.25, 0.3) is 0 Å². The Morgan fingerprint density at radius 2 is 1.67 bits per heavy atom. The molecule has 0 radical (unpaired) electrons. The molecule has 9 heteroatoms. The standard InChI is InChI=1S/C12H10F6N2S/c1-4(2)7-8(12(16,17)18)5(11(13,14)15)3-6-9(7)20-10(19)21-6/h3-4H,1-2H3,(H2,19,20). The van der Waals surface area contributed by atoms with Crippen LogP contribution in [0, 0.1) is 0 Å². The van der Waals surface area contributed by atoms with Crippen molar-refractivity contribution in [2.75, 3.05) is 5.73 Å². The summed E-state index contributed by atoms with van der Waals surface area (Å²) in [4.78, 5) is 3.76. The molecule has 0 amide bonds. The number of nitrogen functional groups attached to an aromatic ring is 1. The lowest BCUT2D eigenvalue weighted by molar-refractivity contribution is -0.162. The molecule has 1 aromatic heterocycles. The van der Waals surface area contributed by atoms with E-state index in [9.17, 15) is 26.3 Å². The summed E-state index contributed by atoms with van der Waals surface area (Å²) in [6.45, 7) is 2.78. The molecule has 0 spiro atoms. The molecule has 2 rings (SSSR count). The van der Waals surface area contributed by atoms with E-state index in [4.69, 9.17) is 5.73 Å². The van der Waals surface area contributed by atoms with Crippen LogP contribution in [0.15, 0.2) is 6.07 Å². The quantitative estimate of drug-likeness (QED) is 0.745. The Labute approximate surface area is 119 Å². The Kier molecular flexibility index (Phi) is 3.59. The fourth-order valence-electron chi connectivity index (χ4n) is 2.20. The largest absolute Gasteiger partial charge is 0.417 e. The molecule has 0 aliphatic rings. The third-order valence-corrected chi connectivity index (χ3v) is 3.74. The number of halogens is 6. The van der Waals surface area contributed by atoms with Gasteiger partial charge in [0.1, 0.15) is 0 Å². The maximum Gasteiger partial charge on any atom is 0.417 e. The average molecular weight is 328 g/mol. The van der Waals surface area contributed by atoms with Crippen molar-refractivity contribution in [1.29, 1.82) is 0 Å². The molecule has 2 nitrogen and oxygen atoms in total. The molecule has 2 aromatic rings. The van der Waals surface area contributed by atoms with Crippen LogP contribution in [0.2, 0.25) is 0 Å². The van der Waals surface area contributed by atoms with Crippen molar-refractivity contribution in [3.8, 4) is 0 Å². The van der Waals surface area contributed by atoms with Gasteiger partial charge >= 0.3 is 12.4 Å². The van der Waals surface area contributed by atoms with Crippen LogP contribution in [0.25, 0.3) is 10.2 Å². The second-order valence-corrected chi connectivity index (χ2v) is 5.82. The summed E-state index contributed by atoms with van der Waals surface area (Å²) in [6.07, 6.45) is -10.2. The molecule has 1 heterocycles. The van der Waals surface area contributed by atoms with Crippen molar-refractivity contribution in [2.45, 2.75) is 32.1 Å². The van der Waals surface area contributed by atoms with Gasteiger partial charge in [0.05, 0.1) is 21.3 Å². The summed E-state index contributed by atoms with van der Waals surface area (Å²) < 4.78 is 78.6. The zero-order valence-electron chi connectivity index (χ0n) is 10.9. The first-order valence-electron chi connectivity index (χ1n) is 5.80. The lowest BCUT2D eigenvalue weighted by Crippen LogP contribution is -2.20. The number of benzene rings is 1. The fourth-order valence-corrected chi connectivity index (χ4v) is 2.99. The molecular formula is C12H10F6N2S. The highest BCUT2D eigenvalue weighted by molar-refractivity contribution is 7.22. The fraction of sp³-hybridized carbons (Fsp3) is 0.417. The van der Waals surface area contributed by atoms with E-state index in [1.54, 1.807) is 0 Å². The SMILES string of the molecule is CC(C)c1c(C(F)(F)F)c(C(F)(F)F)cc2sc(N)nc12. The number of thiazole rings is 1. The van der Waals surface area contributed by atoms with Crippen molar-refractivity contribution in [1.82, 2.24) is 4.98 Å². The number of nitrogens with two attached hydrogens (primary N) is 1. The van der Waals surface area contributed by atoms with E-state index in [2.05, 4.69) is 4.98 Å². The maximum absolute atomic E-state index is 13.2. The summed E-state index contributed by atoms with van der Waals surface area (Å²) in [7, 11) is 0. The van der Waals surface area contributed by atoms with Gasteiger partial charge in [-0.3, -0.25) is 0 Å². The Morgan fingerprint density at radius 1 is 1.10 bits per heavy atom. The van der Waals surface area contributed by atoms with Crippen molar-refractivity contribution in [2.24, 2.45) is 0 Å². The summed E-state index contributed by atoms with van der Waals surface area (Å²) in [5, 5.41) is -0.0700. The molecular weight excluding hydrogens is 318 g/mol. The molecule has 116 valence electrons. The van der Waals surface area contributed by atoms with Crippen LogP contribution in [-0.2, 0) is 12.4 Å². The Hall–Kier alpha value is -1.51. The van der Waals surface area contributed by atoms with Gasteiger partial charge in [-0.1, -0.05) is 25.2 Å². The van der Waals surface area contributed by atoms with E-state index in [0.29, 0.717) is 6.07 Å². The van der Waals surface area contributed by atoms with Gasteiger partial charge in [0.15, 0.2) is 5.13 Å². The van der Waals surface area contributed by atoms with Crippen LogP contribution >= 0.6 is 11.3 Å². The average Bonchev–Trinajstić information content (AvgIpc) is 2.63.